The van der Waals surface area contributed by atoms with Gasteiger partial charge in [-0.15, -0.1) is 6.42 Å². The monoisotopic (exact) mass is 547 g/mol. The molecule has 4 unspecified atom stereocenters. The summed E-state index contributed by atoms with van der Waals surface area (Å²) >= 11 is 0. The van der Waals surface area contributed by atoms with E-state index < -0.39 is 23.8 Å². The van der Waals surface area contributed by atoms with E-state index in [1.807, 2.05) is 59.7 Å². The van der Waals surface area contributed by atoms with Crippen molar-refractivity contribution in [3.63, 3.8) is 0 Å². The van der Waals surface area contributed by atoms with Crippen molar-refractivity contribution in [2.24, 2.45) is 5.92 Å². The number of anilines is 1. The van der Waals surface area contributed by atoms with Gasteiger partial charge in [-0.1, -0.05) is 63.4 Å². The van der Waals surface area contributed by atoms with E-state index in [0.717, 1.165) is 11.1 Å². The molecule has 0 bridgehead atoms. The Hall–Kier alpha value is -3.79. The molecule has 7 nitrogen and oxygen atoms in total. The second-order valence-electron chi connectivity index (χ2n) is 11.4. The van der Waals surface area contributed by atoms with Crippen molar-refractivity contribution in [1.29, 1.82) is 0 Å². The minimum Gasteiger partial charge on any atom is -0.444 e. The van der Waals surface area contributed by atoms with Gasteiger partial charge in [0.25, 0.3) is 5.91 Å². The average molecular weight is 548 g/mol. The van der Waals surface area contributed by atoms with Crippen LogP contribution in [0, 0.1) is 32.1 Å². The molecule has 2 aromatic rings. The lowest BCUT2D eigenvalue weighted by Crippen LogP contribution is -2.56. The van der Waals surface area contributed by atoms with E-state index in [0.29, 0.717) is 29.7 Å². The third kappa shape index (κ3) is 8.35. The highest BCUT2D eigenvalue weighted by Gasteiger charge is 2.40. The number of benzene rings is 2. The molecule has 0 spiro atoms. The number of ether oxygens (including phenoxy) is 1. The molecule has 0 aromatic heterocycles. The molecule has 0 aliphatic heterocycles. The van der Waals surface area contributed by atoms with Crippen molar-refractivity contribution >= 4 is 23.6 Å². The highest BCUT2D eigenvalue weighted by atomic mass is 16.6. The van der Waals surface area contributed by atoms with Gasteiger partial charge < -0.3 is 20.3 Å². The quantitative estimate of drug-likeness (QED) is 0.331. The highest BCUT2D eigenvalue weighted by molar-refractivity contribution is 6.00. The second-order valence-corrected chi connectivity index (χ2v) is 11.4. The minimum atomic E-state index is -0.972. The Kier molecular flexibility index (Phi) is 11.4. The molecule has 2 rings (SSSR count). The fourth-order valence-electron chi connectivity index (χ4n) is 4.48. The summed E-state index contributed by atoms with van der Waals surface area (Å²) < 4.78 is 5.48. The van der Waals surface area contributed by atoms with Gasteiger partial charge in [0.1, 0.15) is 17.7 Å². The smallest absolute Gasteiger partial charge is 0.408 e. The molecule has 40 heavy (non-hydrogen) atoms. The molecule has 0 heterocycles. The van der Waals surface area contributed by atoms with Crippen LogP contribution in [-0.4, -0.2) is 40.5 Å². The zero-order valence-corrected chi connectivity index (χ0v) is 25.4. The van der Waals surface area contributed by atoms with Crippen LogP contribution in [-0.2, 0) is 14.3 Å². The summed E-state index contributed by atoms with van der Waals surface area (Å²) in [6.07, 6.45) is 6.14. The summed E-state index contributed by atoms with van der Waals surface area (Å²) in [7, 11) is 0. The molecule has 0 saturated carbocycles. The van der Waals surface area contributed by atoms with Crippen molar-refractivity contribution in [3.8, 4) is 12.3 Å². The molecule has 216 valence electrons. The largest absolute Gasteiger partial charge is 0.444 e. The standard InChI is InChI=1S/C33H45N3O4/c1-11-21(4)28(35-32(39)40-33(8,9)10)31(38)36(24(7)12-2)29(26-19-17-25(13-3)18-20-26)30(37)34-27-22(5)15-14-16-23(27)6/h3,14-21,24,28-29H,11-12H2,1-2,4-10H3,(H,34,37)(H,35,39). The fourth-order valence-corrected chi connectivity index (χ4v) is 4.48. The Bertz CT molecular complexity index is 1200. The summed E-state index contributed by atoms with van der Waals surface area (Å²) in [6, 6.07) is 10.7. The number of carbonyl (C=O) groups excluding carboxylic acids is 3. The fraction of sp³-hybridized carbons (Fsp3) is 0.485. The number of rotatable bonds is 10. The molecule has 0 aliphatic carbocycles. The van der Waals surface area contributed by atoms with Crippen molar-refractivity contribution < 1.29 is 19.1 Å². The van der Waals surface area contributed by atoms with Crippen molar-refractivity contribution in [3.05, 3.63) is 64.7 Å². The number of carbonyl (C=O) groups is 3. The van der Waals surface area contributed by atoms with Gasteiger partial charge in [-0.05, 0) is 82.7 Å². The van der Waals surface area contributed by atoms with E-state index in [1.54, 1.807) is 49.9 Å². The van der Waals surface area contributed by atoms with Crippen LogP contribution < -0.4 is 10.6 Å². The number of nitrogens with one attached hydrogen (secondary N) is 2. The van der Waals surface area contributed by atoms with Gasteiger partial charge in [0.05, 0.1) is 0 Å². The molecule has 0 radical (unpaired) electrons. The molecule has 3 amide bonds. The van der Waals surface area contributed by atoms with E-state index >= 15 is 0 Å². The Balaban J connectivity index is 2.65. The van der Waals surface area contributed by atoms with E-state index in [9.17, 15) is 14.4 Å². The summed E-state index contributed by atoms with van der Waals surface area (Å²) in [5, 5.41) is 5.89. The second kappa shape index (κ2) is 14.0. The normalized spacial score (nSPS) is 14.2. The van der Waals surface area contributed by atoms with E-state index in [1.165, 1.54) is 0 Å². The maximum absolute atomic E-state index is 14.4. The molecule has 0 saturated heterocycles. The predicted octanol–water partition coefficient (Wildman–Crippen LogP) is 6.53. The third-order valence-corrected chi connectivity index (χ3v) is 7.12. The Morgan fingerprint density at radius 2 is 1.55 bits per heavy atom. The Morgan fingerprint density at radius 3 is 2.02 bits per heavy atom. The zero-order chi connectivity index (χ0) is 30.2. The van der Waals surface area contributed by atoms with E-state index in [4.69, 9.17) is 11.2 Å². The zero-order valence-electron chi connectivity index (χ0n) is 25.4. The van der Waals surface area contributed by atoms with Gasteiger partial charge in [-0.3, -0.25) is 9.59 Å². The first-order valence-electron chi connectivity index (χ1n) is 14.0. The lowest BCUT2D eigenvalue weighted by molar-refractivity contribution is -0.144. The number of aryl methyl sites for hydroxylation is 2. The molecule has 4 atom stereocenters. The first-order valence-corrected chi connectivity index (χ1v) is 14.0. The van der Waals surface area contributed by atoms with Crippen molar-refractivity contribution in [1.82, 2.24) is 10.2 Å². The maximum Gasteiger partial charge on any atom is 0.408 e. The summed E-state index contributed by atoms with van der Waals surface area (Å²) in [4.78, 5) is 43.0. The topological polar surface area (TPSA) is 87.7 Å². The highest BCUT2D eigenvalue weighted by Crippen LogP contribution is 2.30. The lowest BCUT2D eigenvalue weighted by Gasteiger charge is -2.39. The first kappa shape index (κ1) is 32.4. The van der Waals surface area contributed by atoms with Crippen LogP contribution in [0.1, 0.15) is 89.6 Å². The Labute approximate surface area is 240 Å². The van der Waals surface area contributed by atoms with Crippen LogP contribution >= 0.6 is 0 Å². The van der Waals surface area contributed by atoms with Crippen LogP contribution in [0.2, 0.25) is 0 Å². The van der Waals surface area contributed by atoms with Crippen LogP contribution in [0.25, 0.3) is 0 Å². The maximum atomic E-state index is 14.4. The summed E-state index contributed by atoms with van der Waals surface area (Å²) in [5.74, 6) is 1.69. The van der Waals surface area contributed by atoms with Gasteiger partial charge in [-0.2, -0.15) is 0 Å². The van der Waals surface area contributed by atoms with Crippen molar-refractivity contribution in [2.75, 3.05) is 5.32 Å². The molecule has 2 N–H and O–H groups in total. The predicted molar refractivity (Wildman–Crippen MR) is 161 cm³/mol. The van der Waals surface area contributed by atoms with Crippen molar-refractivity contribution in [2.45, 2.75) is 98.9 Å². The Morgan fingerprint density at radius 1 is 0.975 bits per heavy atom. The van der Waals surface area contributed by atoms with Crippen LogP contribution in [0.15, 0.2) is 42.5 Å². The number of amides is 3. The number of nitrogens with zero attached hydrogens (tertiary/aromatic N) is 1. The molecule has 2 aromatic carbocycles. The minimum absolute atomic E-state index is 0.210. The number of hydrogen-bond donors (Lipinski definition) is 2. The van der Waals surface area contributed by atoms with E-state index in [2.05, 4.69) is 16.6 Å². The summed E-state index contributed by atoms with van der Waals surface area (Å²) in [6.45, 7) is 16.9. The SMILES string of the molecule is C#Cc1ccc(C(C(=O)Nc2c(C)cccc2C)N(C(=O)C(NC(=O)OC(C)(C)C)C(C)CC)C(C)CC)cc1. The number of hydrogen-bond acceptors (Lipinski definition) is 4. The molecule has 7 heteroatoms. The van der Waals surface area contributed by atoms with Gasteiger partial charge in [0, 0.05) is 17.3 Å². The van der Waals surface area contributed by atoms with E-state index in [-0.39, 0.29) is 23.8 Å². The van der Waals surface area contributed by atoms with Gasteiger partial charge in [-0.25, -0.2) is 4.79 Å². The third-order valence-electron chi connectivity index (χ3n) is 7.12. The lowest BCUT2D eigenvalue weighted by atomic mass is 9.94. The number of terminal acetylenes is 1. The molecule has 0 fully saturated rings. The van der Waals surface area contributed by atoms with Crippen LogP contribution in [0.3, 0.4) is 0 Å². The molecular weight excluding hydrogens is 502 g/mol. The van der Waals surface area contributed by atoms with Gasteiger partial charge >= 0.3 is 6.09 Å². The van der Waals surface area contributed by atoms with Crippen LogP contribution in [0.5, 0.6) is 0 Å². The summed E-state index contributed by atoms with van der Waals surface area (Å²) in [5.41, 5.74) is 3.11. The molecule has 0 aliphatic rings. The number of alkyl carbamates (subject to hydrolysis) is 1. The van der Waals surface area contributed by atoms with Gasteiger partial charge in [0.2, 0.25) is 5.91 Å². The number of para-hydroxylation sites is 1. The molecular formula is C33H45N3O4. The van der Waals surface area contributed by atoms with Gasteiger partial charge in [0.15, 0.2) is 0 Å². The average Bonchev–Trinajstić information content (AvgIpc) is 2.90. The van der Waals surface area contributed by atoms with Crippen LogP contribution in [0.4, 0.5) is 10.5 Å². The first-order chi connectivity index (χ1) is 18.7.